The van der Waals surface area contributed by atoms with Crippen LogP contribution in [0.25, 0.3) is 0 Å². The summed E-state index contributed by atoms with van der Waals surface area (Å²) in [5.74, 6) is 0.622. The number of benzene rings is 3. The van der Waals surface area contributed by atoms with Gasteiger partial charge in [0.15, 0.2) is 0 Å². The number of carbonyl (C=O) groups is 1. The Kier molecular flexibility index (Phi) is 7.44. The normalized spacial score (nSPS) is 14.8. The molecule has 1 aliphatic rings. The van der Waals surface area contributed by atoms with Crippen molar-refractivity contribution in [3.8, 4) is 5.75 Å². The van der Waals surface area contributed by atoms with Gasteiger partial charge in [-0.2, -0.15) is 13.2 Å². The van der Waals surface area contributed by atoms with E-state index in [0.29, 0.717) is 61.2 Å². The summed E-state index contributed by atoms with van der Waals surface area (Å²) in [5, 5.41) is 0.605. The Labute approximate surface area is 201 Å². The fraction of sp³-hybridized carbons (Fsp3) is 0.269. The zero-order valence-corrected chi connectivity index (χ0v) is 19.1. The Balaban J connectivity index is 1.28. The van der Waals surface area contributed by atoms with Gasteiger partial charge < -0.3 is 9.64 Å². The van der Waals surface area contributed by atoms with Gasteiger partial charge in [0, 0.05) is 43.3 Å². The predicted octanol–water partition coefficient (Wildman–Crippen LogP) is 5.90. The number of hydrogen-bond donors (Lipinski definition) is 0. The third-order valence-corrected chi connectivity index (χ3v) is 5.96. The lowest BCUT2D eigenvalue weighted by molar-refractivity contribution is -0.137. The van der Waals surface area contributed by atoms with Gasteiger partial charge >= 0.3 is 6.18 Å². The molecule has 0 atom stereocenters. The third-order valence-electron chi connectivity index (χ3n) is 5.72. The van der Waals surface area contributed by atoms with Crippen LogP contribution in [0.15, 0.2) is 72.8 Å². The van der Waals surface area contributed by atoms with E-state index in [1.54, 1.807) is 35.2 Å². The number of nitrogens with zero attached hydrogens (tertiary/aromatic N) is 2. The highest BCUT2D eigenvalue weighted by Gasteiger charge is 2.30. The zero-order valence-electron chi connectivity index (χ0n) is 18.4. The number of ether oxygens (including phenoxy) is 1. The molecule has 0 aliphatic carbocycles. The van der Waals surface area contributed by atoms with Crippen molar-refractivity contribution >= 4 is 17.5 Å². The van der Waals surface area contributed by atoms with Crippen LogP contribution in [0.1, 0.15) is 27.0 Å². The first-order chi connectivity index (χ1) is 16.3. The Morgan fingerprint density at radius 1 is 0.882 bits per heavy atom. The SMILES string of the molecule is O=C(c1ccc(COc2cccc(Cl)c2)cc1)N1CCN(Cc2cccc(C(F)(F)F)c2)CC1. The lowest BCUT2D eigenvalue weighted by Gasteiger charge is -2.35. The van der Waals surface area contributed by atoms with E-state index in [-0.39, 0.29) is 5.91 Å². The molecule has 0 aromatic heterocycles. The lowest BCUT2D eigenvalue weighted by Crippen LogP contribution is -2.48. The number of piperazine rings is 1. The predicted molar refractivity (Wildman–Crippen MR) is 125 cm³/mol. The van der Waals surface area contributed by atoms with E-state index >= 15 is 0 Å². The molecule has 178 valence electrons. The number of alkyl halides is 3. The molecule has 3 aromatic carbocycles. The molecule has 0 bridgehead atoms. The van der Waals surface area contributed by atoms with Crippen LogP contribution in [0.5, 0.6) is 5.75 Å². The van der Waals surface area contributed by atoms with Gasteiger partial charge in [0.2, 0.25) is 0 Å². The van der Waals surface area contributed by atoms with Crippen molar-refractivity contribution in [2.24, 2.45) is 0 Å². The van der Waals surface area contributed by atoms with Gasteiger partial charge in [-0.05, 0) is 47.5 Å². The van der Waals surface area contributed by atoms with E-state index in [4.69, 9.17) is 16.3 Å². The van der Waals surface area contributed by atoms with Gasteiger partial charge in [-0.15, -0.1) is 0 Å². The molecule has 1 fully saturated rings. The summed E-state index contributed by atoms with van der Waals surface area (Å²) in [6, 6.07) is 19.9. The van der Waals surface area contributed by atoms with E-state index in [0.717, 1.165) is 11.6 Å². The third kappa shape index (κ3) is 6.30. The van der Waals surface area contributed by atoms with Crippen LogP contribution in [0, 0.1) is 0 Å². The van der Waals surface area contributed by atoms with Crippen molar-refractivity contribution in [2.75, 3.05) is 26.2 Å². The average molecular weight is 489 g/mol. The maximum Gasteiger partial charge on any atom is 0.416 e. The van der Waals surface area contributed by atoms with Gasteiger partial charge in [0.25, 0.3) is 5.91 Å². The molecule has 4 nitrogen and oxygen atoms in total. The summed E-state index contributed by atoms with van der Waals surface area (Å²) >= 11 is 5.96. The smallest absolute Gasteiger partial charge is 0.416 e. The van der Waals surface area contributed by atoms with Crippen molar-refractivity contribution in [3.63, 3.8) is 0 Å². The Morgan fingerprint density at radius 3 is 2.26 bits per heavy atom. The summed E-state index contributed by atoms with van der Waals surface area (Å²) < 4.78 is 44.5. The van der Waals surface area contributed by atoms with Gasteiger partial charge in [0.05, 0.1) is 5.56 Å². The fourth-order valence-corrected chi connectivity index (χ4v) is 4.04. The minimum Gasteiger partial charge on any atom is -0.489 e. The second kappa shape index (κ2) is 10.5. The van der Waals surface area contributed by atoms with E-state index in [1.165, 1.54) is 12.1 Å². The first kappa shape index (κ1) is 24.1. The van der Waals surface area contributed by atoms with Crippen LogP contribution < -0.4 is 4.74 Å². The average Bonchev–Trinajstić information content (AvgIpc) is 2.83. The number of halogens is 4. The molecule has 34 heavy (non-hydrogen) atoms. The molecule has 8 heteroatoms. The summed E-state index contributed by atoms with van der Waals surface area (Å²) in [5.41, 5.74) is 1.51. The molecule has 4 rings (SSSR count). The lowest BCUT2D eigenvalue weighted by atomic mass is 10.1. The molecule has 1 amide bonds. The van der Waals surface area contributed by atoms with Crippen LogP contribution in [0.4, 0.5) is 13.2 Å². The van der Waals surface area contributed by atoms with Crippen LogP contribution in [-0.4, -0.2) is 41.9 Å². The number of hydrogen-bond acceptors (Lipinski definition) is 3. The molecule has 3 aromatic rings. The molecule has 1 saturated heterocycles. The van der Waals surface area contributed by atoms with Gasteiger partial charge in [-0.3, -0.25) is 9.69 Å². The standard InChI is InChI=1S/C26H24ClF3N2O2/c27-23-5-2-6-24(16-23)34-18-19-7-9-21(10-8-19)25(33)32-13-11-31(12-14-32)17-20-3-1-4-22(15-20)26(28,29)30/h1-10,15-16H,11-14,17-18H2. The van der Waals surface area contributed by atoms with Gasteiger partial charge in [-0.25, -0.2) is 0 Å². The van der Waals surface area contributed by atoms with Crippen molar-refractivity contribution < 1.29 is 22.7 Å². The topological polar surface area (TPSA) is 32.8 Å². The molecular weight excluding hydrogens is 465 g/mol. The highest BCUT2D eigenvalue weighted by atomic mass is 35.5. The largest absolute Gasteiger partial charge is 0.489 e. The monoisotopic (exact) mass is 488 g/mol. The van der Waals surface area contributed by atoms with E-state index in [9.17, 15) is 18.0 Å². The molecular formula is C26H24ClF3N2O2. The molecule has 0 radical (unpaired) electrons. The number of rotatable bonds is 6. The van der Waals surface area contributed by atoms with Crippen LogP contribution in [0.3, 0.4) is 0 Å². The molecule has 1 aliphatic heterocycles. The number of carbonyl (C=O) groups excluding carboxylic acids is 1. The first-order valence-electron chi connectivity index (χ1n) is 10.9. The molecule has 0 N–H and O–H groups in total. The fourth-order valence-electron chi connectivity index (χ4n) is 3.86. The summed E-state index contributed by atoms with van der Waals surface area (Å²) in [6.07, 6.45) is -4.35. The van der Waals surface area contributed by atoms with Crippen molar-refractivity contribution in [2.45, 2.75) is 19.3 Å². The van der Waals surface area contributed by atoms with E-state index in [2.05, 4.69) is 4.90 Å². The highest BCUT2D eigenvalue weighted by molar-refractivity contribution is 6.30. The highest BCUT2D eigenvalue weighted by Crippen LogP contribution is 2.30. The second-order valence-corrected chi connectivity index (χ2v) is 8.65. The van der Waals surface area contributed by atoms with E-state index < -0.39 is 11.7 Å². The Hall–Kier alpha value is -3.03. The van der Waals surface area contributed by atoms with Crippen molar-refractivity contribution in [3.05, 3.63) is 100 Å². The maximum atomic E-state index is 12.9. The van der Waals surface area contributed by atoms with Crippen molar-refractivity contribution in [1.29, 1.82) is 0 Å². The van der Waals surface area contributed by atoms with Crippen molar-refractivity contribution in [1.82, 2.24) is 9.80 Å². The van der Waals surface area contributed by atoms with E-state index in [1.807, 2.05) is 24.3 Å². The maximum absolute atomic E-state index is 12.9. The van der Waals surface area contributed by atoms with Crippen LogP contribution >= 0.6 is 11.6 Å². The molecule has 0 unspecified atom stereocenters. The zero-order chi connectivity index (χ0) is 24.1. The van der Waals surface area contributed by atoms with Crippen LogP contribution in [0.2, 0.25) is 5.02 Å². The second-order valence-electron chi connectivity index (χ2n) is 8.21. The summed E-state index contributed by atoms with van der Waals surface area (Å²) in [6.45, 7) is 3.05. The quantitative estimate of drug-likeness (QED) is 0.433. The minimum absolute atomic E-state index is 0.0546. The molecule has 1 heterocycles. The minimum atomic E-state index is -4.35. The molecule has 0 saturated carbocycles. The summed E-state index contributed by atoms with van der Waals surface area (Å²) in [7, 11) is 0. The number of amides is 1. The Morgan fingerprint density at radius 2 is 1.59 bits per heavy atom. The Bertz CT molecular complexity index is 1130. The van der Waals surface area contributed by atoms with Gasteiger partial charge in [-0.1, -0.05) is 48.0 Å². The molecule has 0 spiro atoms. The first-order valence-corrected chi connectivity index (χ1v) is 11.3. The summed E-state index contributed by atoms with van der Waals surface area (Å²) in [4.78, 5) is 16.7. The van der Waals surface area contributed by atoms with Gasteiger partial charge in [0.1, 0.15) is 12.4 Å². The van der Waals surface area contributed by atoms with Crippen LogP contribution in [-0.2, 0) is 19.3 Å².